The largest absolute Gasteiger partial charge is 0.493 e. The third-order valence-corrected chi connectivity index (χ3v) is 6.25. The van der Waals surface area contributed by atoms with Crippen LogP contribution < -0.4 is 24.8 Å². The molecule has 0 aliphatic heterocycles. The van der Waals surface area contributed by atoms with Crippen LogP contribution >= 0.6 is 11.6 Å². The number of nitrogens with zero attached hydrogens (tertiary/aromatic N) is 2. The number of benzene rings is 3. The Kier molecular flexibility index (Phi) is 7.93. The quantitative estimate of drug-likeness (QED) is 0.203. The summed E-state index contributed by atoms with van der Waals surface area (Å²) in [6.45, 7) is 0.288. The molecule has 3 aromatic carbocycles. The van der Waals surface area contributed by atoms with E-state index in [1.807, 2.05) is 12.1 Å². The summed E-state index contributed by atoms with van der Waals surface area (Å²) in [5, 5.41) is 7.09. The van der Waals surface area contributed by atoms with Crippen molar-refractivity contribution < 1.29 is 23.4 Å². The zero-order chi connectivity index (χ0) is 28.1. The number of carbonyl (C=O) groups is 1. The zero-order valence-corrected chi connectivity index (χ0v) is 22.3. The van der Waals surface area contributed by atoms with Gasteiger partial charge in [0.05, 0.1) is 25.3 Å². The summed E-state index contributed by atoms with van der Waals surface area (Å²) in [6.07, 6.45) is 3.11. The van der Waals surface area contributed by atoms with Gasteiger partial charge in [0.2, 0.25) is 0 Å². The van der Waals surface area contributed by atoms with Crippen LogP contribution in [0.4, 0.5) is 15.9 Å². The molecule has 0 radical (unpaired) electrons. The van der Waals surface area contributed by atoms with Crippen LogP contribution in [0.15, 0.2) is 85.2 Å². The summed E-state index contributed by atoms with van der Waals surface area (Å²) in [5.41, 5.74) is 2.15. The maximum atomic E-state index is 15.2. The molecule has 5 rings (SSSR count). The molecule has 2 aromatic heterocycles. The molecule has 0 atom stereocenters. The summed E-state index contributed by atoms with van der Waals surface area (Å²) in [6, 6.07) is 20.0. The van der Waals surface area contributed by atoms with Gasteiger partial charge in [-0.1, -0.05) is 23.7 Å². The van der Waals surface area contributed by atoms with E-state index in [0.29, 0.717) is 44.4 Å². The Labute approximate surface area is 234 Å². The molecule has 0 spiro atoms. The van der Waals surface area contributed by atoms with Gasteiger partial charge >= 0.3 is 0 Å². The Balaban J connectivity index is 1.33. The maximum Gasteiger partial charge on any atom is 0.255 e. The van der Waals surface area contributed by atoms with E-state index in [0.717, 1.165) is 5.56 Å². The number of hydrogen-bond donors (Lipinski definition) is 2. The first-order valence-corrected chi connectivity index (χ1v) is 12.6. The lowest BCUT2D eigenvalue weighted by Gasteiger charge is -2.14. The standard InChI is InChI=1S/C30H24ClFN4O4/c1-38-27-15-22-24(16-28(27)39-2)33-12-10-25(22)40-26-9-8-20(14-23(26)32)36-29-21(7-4-11-34-29)30(37)35-17-18-5-3-6-19(31)13-18/h3-16H,17H2,1-2H3,(H,34,36)(H,35,37). The lowest BCUT2D eigenvalue weighted by Crippen LogP contribution is -2.24. The molecule has 0 fully saturated rings. The molecule has 2 N–H and O–H groups in total. The molecule has 10 heteroatoms. The number of nitrogens with one attached hydrogen (secondary N) is 2. The van der Waals surface area contributed by atoms with Gasteiger partial charge in [0.25, 0.3) is 5.91 Å². The topological polar surface area (TPSA) is 94.6 Å². The van der Waals surface area contributed by atoms with E-state index in [-0.39, 0.29) is 24.0 Å². The number of aromatic nitrogens is 2. The molecule has 0 unspecified atom stereocenters. The first-order valence-electron chi connectivity index (χ1n) is 12.2. The van der Waals surface area contributed by atoms with Crippen molar-refractivity contribution in [3.8, 4) is 23.0 Å². The Morgan fingerprint density at radius 2 is 1.70 bits per heavy atom. The number of pyridine rings is 2. The fourth-order valence-corrected chi connectivity index (χ4v) is 4.28. The van der Waals surface area contributed by atoms with Gasteiger partial charge in [-0.25, -0.2) is 9.37 Å². The molecule has 202 valence electrons. The fourth-order valence-electron chi connectivity index (χ4n) is 4.07. The van der Waals surface area contributed by atoms with Crippen molar-refractivity contribution in [2.45, 2.75) is 6.54 Å². The zero-order valence-electron chi connectivity index (χ0n) is 21.6. The van der Waals surface area contributed by atoms with E-state index < -0.39 is 5.82 Å². The van der Waals surface area contributed by atoms with Gasteiger partial charge in [-0.05, 0) is 54.1 Å². The average molecular weight is 559 g/mol. The molecular weight excluding hydrogens is 535 g/mol. The van der Waals surface area contributed by atoms with Crippen molar-refractivity contribution in [1.82, 2.24) is 15.3 Å². The molecule has 0 saturated carbocycles. The Morgan fingerprint density at radius 1 is 0.875 bits per heavy atom. The van der Waals surface area contributed by atoms with E-state index in [4.69, 9.17) is 25.8 Å². The predicted molar refractivity (Wildman–Crippen MR) is 151 cm³/mol. The van der Waals surface area contributed by atoms with Crippen molar-refractivity contribution in [1.29, 1.82) is 0 Å². The van der Waals surface area contributed by atoms with Crippen LogP contribution in [0.2, 0.25) is 5.02 Å². The number of halogens is 2. The molecule has 8 nitrogen and oxygen atoms in total. The summed E-state index contributed by atoms with van der Waals surface area (Å²) >= 11 is 6.03. The first-order chi connectivity index (χ1) is 19.4. The molecule has 0 bridgehead atoms. The van der Waals surface area contributed by atoms with Gasteiger partial charge in [0.15, 0.2) is 23.1 Å². The first kappa shape index (κ1) is 26.7. The minimum absolute atomic E-state index is 0.00773. The van der Waals surface area contributed by atoms with Crippen LogP contribution in [-0.2, 0) is 6.54 Å². The molecule has 2 heterocycles. The molecule has 0 aliphatic rings. The van der Waals surface area contributed by atoms with Crippen molar-refractivity contribution >= 4 is 39.9 Å². The van der Waals surface area contributed by atoms with Crippen LogP contribution in [0.1, 0.15) is 15.9 Å². The monoisotopic (exact) mass is 558 g/mol. The normalized spacial score (nSPS) is 10.7. The number of carbonyl (C=O) groups excluding carboxylic acids is 1. The number of anilines is 2. The van der Waals surface area contributed by atoms with Crippen LogP contribution in [-0.4, -0.2) is 30.1 Å². The molecule has 5 aromatic rings. The molecule has 40 heavy (non-hydrogen) atoms. The highest BCUT2D eigenvalue weighted by Gasteiger charge is 2.16. The van der Waals surface area contributed by atoms with Crippen molar-refractivity contribution in [2.24, 2.45) is 0 Å². The van der Waals surface area contributed by atoms with Crippen molar-refractivity contribution in [2.75, 3.05) is 19.5 Å². The number of methoxy groups -OCH3 is 2. The van der Waals surface area contributed by atoms with Crippen LogP contribution in [0, 0.1) is 5.82 Å². The minimum atomic E-state index is -0.613. The second-order valence-corrected chi connectivity index (χ2v) is 9.05. The van der Waals surface area contributed by atoms with E-state index in [2.05, 4.69) is 20.6 Å². The maximum absolute atomic E-state index is 15.2. The minimum Gasteiger partial charge on any atom is -0.493 e. The third kappa shape index (κ3) is 5.89. The lowest BCUT2D eigenvalue weighted by molar-refractivity contribution is 0.0951. The highest BCUT2D eigenvalue weighted by atomic mass is 35.5. The van der Waals surface area contributed by atoms with E-state index in [1.54, 1.807) is 60.9 Å². The highest BCUT2D eigenvalue weighted by Crippen LogP contribution is 2.37. The third-order valence-electron chi connectivity index (χ3n) is 6.02. The summed E-state index contributed by atoms with van der Waals surface area (Å²) in [5.74, 6) is 0.748. The van der Waals surface area contributed by atoms with Gasteiger partial charge in [-0.15, -0.1) is 0 Å². The summed E-state index contributed by atoms with van der Waals surface area (Å²) in [7, 11) is 3.07. The van der Waals surface area contributed by atoms with Crippen molar-refractivity contribution in [3.05, 3.63) is 107 Å². The van der Waals surface area contributed by atoms with E-state index >= 15 is 4.39 Å². The van der Waals surface area contributed by atoms with Gasteiger partial charge in [-0.3, -0.25) is 9.78 Å². The van der Waals surface area contributed by atoms with Gasteiger partial charge in [-0.2, -0.15) is 0 Å². The number of amides is 1. The van der Waals surface area contributed by atoms with Gasteiger partial charge in [0, 0.05) is 47.2 Å². The average Bonchev–Trinajstić information content (AvgIpc) is 2.97. The molecule has 0 saturated heterocycles. The molecule has 1 amide bonds. The fraction of sp³-hybridized carbons (Fsp3) is 0.100. The second kappa shape index (κ2) is 11.9. The van der Waals surface area contributed by atoms with E-state index in [9.17, 15) is 4.79 Å². The Hall–Kier alpha value is -4.89. The number of fused-ring (bicyclic) bond motifs is 1. The van der Waals surface area contributed by atoms with Gasteiger partial charge < -0.3 is 24.8 Å². The SMILES string of the molecule is COc1cc2nccc(Oc3ccc(Nc4ncccc4C(=O)NCc4cccc(Cl)c4)cc3F)c2cc1OC. The van der Waals surface area contributed by atoms with Crippen LogP contribution in [0.5, 0.6) is 23.0 Å². The second-order valence-electron chi connectivity index (χ2n) is 8.62. The highest BCUT2D eigenvalue weighted by molar-refractivity contribution is 6.30. The van der Waals surface area contributed by atoms with Crippen LogP contribution in [0.3, 0.4) is 0 Å². The number of hydrogen-bond acceptors (Lipinski definition) is 7. The summed E-state index contributed by atoms with van der Waals surface area (Å²) in [4.78, 5) is 21.5. The van der Waals surface area contributed by atoms with Crippen LogP contribution in [0.25, 0.3) is 10.9 Å². The predicted octanol–water partition coefficient (Wildman–Crippen LogP) is 6.91. The number of ether oxygens (including phenoxy) is 3. The number of rotatable bonds is 9. The van der Waals surface area contributed by atoms with Gasteiger partial charge in [0.1, 0.15) is 11.6 Å². The molecule has 0 aliphatic carbocycles. The Bertz CT molecular complexity index is 1700. The van der Waals surface area contributed by atoms with Crippen molar-refractivity contribution in [3.63, 3.8) is 0 Å². The smallest absolute Gasteiger partial charge is 0.255 e. The molecular formula is C30H24ClFN4O4. The Morgan fingerprint density at radius 3 is 2.48 bits per heavy atom. The lowest BCUT2D eigenvalue weighted by atomic mass is 10.1. The van der Waals surface area contributed by atoms with E-state index in [1.165, 1.54) is 26.4 Å². The summed E-state index contributed by atoms with van der Waals surface area (Å²) < 4.78 is 31.8.